The monoisotopic (exact) mass is 238 g/mol. The molecule has 0 aromatic carbocycles. The van der Waals surface area contributed by atoms with Gasteiger partial charge in [0.25, 0.3) is 0 Å². The van der Waals surface area contributed by atoms with E-state index in [-0.39, 0.29) is 0 Å². The first-order valence-corrected chi connectivity index (χ1v) is 7.57. The molecular weight excluding hydrogens is 216 g/mol. The zero-order chi connectivity index (χ0) is 11.1. The highest BCUT2D eigenvalue weighted by molar-refractivity contribution is 7.99. The average Bonchev–Trinajstić information content (AvgIpc) is 2.37. The maximum Gasteiger partial charge on any atom is 0.0602 e. The Labute approximate surface area is 104 Å². The molecule has 90 valence electrons. The Morgan fingerprint density at radius 2 is 2.12 bits per heavy atom. The summed E-state index contributed by atoms with van der Waals surface area (Å²) < 4.78 is 0. The fraction of sp³-hybridized carbons (Fsp3) is 0.846. The molecular formula is C13H22N2S. The standard InChI is InChI=1S/C13H22N2S/c1(4-13-5-3-11-16-12-13)2-8-15-9-6-14-7-10-15/h13-14H,3-12H2. The van der Waals surface area contributed by atoms with Gasteiger partial charge < -0.3 is 5.32 Å². The predicted octanol–water partition coefficient (Wildman–Crippen LogP) is 1.43. The highest BCUT2D eigenvalue weighted by atomic mass is 32.2. The SMILES string of the molecule is C(#CCN1CCNCC1)CC1CCCSC1. The van der Waals surface area contributed by atoms with Gasteiger partial charge in [-0.25, -0.2) is 0 Å². The molecule has 2 heterocycles. The topological polar surface area (TPSA) is 15.3 Å². The maximum absolute atomic E-state index is 3.38. The predicted molar refractivity (Wildman–Crippen MR) is 71.8 cm³/mol. The molecule has 2 aliphatic heterocycles. The molecule has 2 saturated heterocycles. The van der Waals surface area contributed by atoms with Crippen LogP contribution in [0.4, 0.5) is 0 Å². The van der Waals surface area contributed by atoms with E-state index in [2.05, 4.69) is 33.8 Å². The maximum atomic E-state index is 3.38. The van der Waals surface area contributed by atoms with Crippen LogP contribution in [-0.4, -0.2) is 49.1 Å². The summed E-state index contributed by atoms with van der Waals surface area (Å²) in [6, 6.07) is 0. The quantitative estimate of drug-likeness (QED) is 0.733. The van der Waals surface area contributed by atoms with E-state index in [9.17, 15) is 0 Å². The second-order valence-electron chi connectivity index (χ2n) is 4.67. The molecule has 0 amide bonds. The summed E-state index contributed by atoms with van der Waals surface area (Å²) in [5, 5.41) is 3.36. The molecule has 2 nitrogen and oxygen atoms in total. The Hall–Kier alpha value is -0.170. The van der Waals surface area contributed by atoms with E-state index >= 15 is 0 Å². The van der Waals surface area contributed by atoms with Crippen molar-refractivity contribution in [3.63, 3.8) is 0 Å². The Morgan fingerprint density at radius 3 is 2.88 bits per heavy atom. The lowest BCUT2D eigenvalue weighted by molar-refractivity contribution is 0.268. The van der Waals surface area contributed by atoms with Gasteiger partial charge in [0.2, 0.25) is 0 Å². The van der Waals surface area contributed by atoms with E-state index in [1.807, 2.05) is 0 Å². The Bertz CT molecular complexity index is 220. The summed E-state index contributed by atoms with van der Waals surface area (Å²) in [5.41, 5.74) is 0. The van der Waals surface area contributed by atoms with Crippen molar-refractivity contribution in [2.45, 2.75) is 19.3 Å². The van der Waals surface area contributed by atoms with Gasteiger partial charge in [-0.15, -0.1) is 5.92 Å². The number of hydrogen-bond acceptors (Lipinski definition) is 3. The third kappa shape index (κ3) is 4.37. The van der Waals surface area contributed by atoms with Crippen molar-refractivity contribution in [2.75, 3.05) is 44.2 Å². The van der Waals surface area contributed by atoms with Crippen LogP contribution in [0.2, 0.25) is 0 Å². The molecule has 1 unspecified atom stereocenters. The van der Waals surface area contributed by atoms with Gasteiger partial charge in [-0.1, -0.05) is 5.92 Å². The van der Waals surface area contributed by atoms with E-state index < -0.39 is 0 Å². The highest BCUT2D eigenvalue weighted by Crippen LogP contribution is 2.24. The van der Waals surface area contributed by atoms with Crippen molar-refractivity contribution in [1.29, 1.82) is 0 Å². The molecule has 2 fully saturated rings. The number of rotatable bonds is 2. The third-order valence-electron chi connectivity index (χ3n) is 3.28. The third-order valence-corrected chi connectivity index (χ3v) is 4.57. The minimum absolute atomic E-state index is 0.870. The molecule has 0 spiro atoms. The van der Waals surface area contributed by atoms with Crippen LogP contribution in [0.3, 0.4) is 0 Å². The summed E-state index contributed by atoms with van der Waals surface area (Å²) in [4.78, 5) is 2.44. The first-order chi connectivity index (χ1) is 7.95. The second kappa shape index (κ2) is 7.21. The van der Waals surface area contributed by atoms with E-state index in [4.69, 9.17) is 0 Å². The summed E-state index contributed by atoms with van der Waals surface area (Å²) in [6.07, 6.45) is 3.92. The lowest BCUT2D eigenvalue weighted by atomic mass is 10.0. The second-order valence-corrected chi connectivity index (χ2v) is 5.82. The molecule has 0 saturated carbocycles. The molecule has 0 bridgehead atoms. The van der Waals surface area contributed by atoms with Gasteiger partial charge in [0.1, 0.15) is 0 Å². The Morgan fingerprint density at radius 1 is 1.25 bits per heavy atom. The van der Waals surface area contributed by atoms with Gasteiger partial charge in [0.05, 0.1) is 6.54 Å². The molecule has 0 aromatic rings. The van der Waals surface area contributed by atoms with E-state index in [0.717, 1.165) is 45.1 Å². The largest absolute Gasteiger partial charge is 0.314 e. The van der Waals surface area contributed by atoms with Crippen molar-refractivity contribution in [2.24, 2.45) is 5.92 Å². The summed E-state index contributed by atoms with van der Waals surface area (Å²) in [6.45, 7) is 5.55. The lowest BCUT2D eigenvalue weighted by Gasteiger charge is -2.24. The van der Waals surface area contributed by atoms with Gasteiger partial charge in [-0.3, -0.25) is 4.90 Å². The molecule has 1 N–H and O–H groups in total. The average molecular weight is 238 g/mol. The van der Waals surface area contributed by atoms with Crippen molar-refractivity contribution < 1.29 is 0 Å². The van der Waals surface area contributed by atoms with Gasteiger partial charge in [-0.2, -0.15) is 11.8 Å². The van der Waals surface area contributed by atoms with E-state index in [1.165, 1.54) is 24.3 Å². The number of nitrogens with one attached hydrogen (secondary N) is 1. The van der Waals surface area contributed by atoms with Crippen molar-refractivity contribution >= 4 is 11.8 Å². The fourth-order valence-corrected chi connectivity index (χ4v) is 3.38. The van der Waals surface area contributed by atoms with Crippen LogP contribution in [-0.2, 0) is 0 Å². The van der Waals surface area contributed by atoms with E-state index in [1.54, 1.807) is 0 Å². The van der Waals surface area contributed by atoms with Crippen LogP contribution in [0.25, 0.3) is 0 Å². The molecule has 1 atom stereocenters. The molecule has 16 heavy (non-hydrogen) atoms. The normalized spacial score (nSPS) is 27.1. The zero-order valence-corrected chi connectivity index (χ0v) is 10.8. The summed E-state index contributed by atoms with van der Waals surface area (Å²) >= 11 is 2.10. The Balaban J connectivity index is 1.61. The highest BCUT2D eigenvalue weighted by Gasteiger charge is 2.12. The first kappa shape index (κ1) is 12.3. The Kier molecular flexibility index (Phi) is 5.54. The fourth-order valence-electron chi connectivity index (χ4n) is 2.22. The summed E-state index contributed by atoms with van der Waals surface area (Å²) in [5.74, 6) is 10.3. The van der Waals surface area contributed by atoms with Crippen LogP contribution in [0, 0.1) is 17.8 Å². The number of piperazine rings is 1. The minimum atomic E-state index is 0.870. The van der Waals surface area contributed by atoms with Crippen LogP contribution >= 0.6 is 11.8 Å². The van der Waals surface area contributed by atoms with Crippen LogP contribution in [0.15, 0.2) is 0 Å². The van der Waals surface area contributed by atoms with Gasteiger partial charge >= 0.3 is 0 Å². The summed E-state index contributed by atoms with van der Waals surface area (Å²) in [7, 11) is 0. The van der Waals surface area contributed by atoms with Crippen LogP contribution in [0.5, 0.6) is 0 Å². The smallest absolute Gasteiger partial charge is 0.0602 e. The molecule has 2 rings (SSSR count). The van der Waals surface area contributed by atoms with Crippen LogP contribution < -0.4 is 5.32 Å². The van der Waals surface area contributed by atoms with Crippen molar-refractivity contribution in [1.82, 2.24) is 10.2 Å². The minimum Gasteiger partial charge on any atom is -0.314 e. The zero-order valence-electron chi connectivity index (χ0n) is 10.0. The van der Waals surface area contributed by atoms with Gasteiger partial charge in [0, 0.05) is 32.6 Å². The number of hydrogen-bond donors (Lipinski definition) is 1. The van der Waals surface area contributed by atoms with Crippen LogP contribution in [0.1, 0.15) is 19.3 Å². The molecule has 0 aliphatic carbocycles. The molecule has 2 aliphatic rings. The van der Waals surface area contributed by atoms with Crippen molar-refractivity contribution in [3.8, 4) is 11.8 Å². The molecule has 0 aromatic heterocycles. The number of nitrogens with zero attached hydrogens (tertiary/aromatic N) is 1. The van der Waals surface area contributed by atoms with Gasteiger partial charge in [0.15, 0.2) is 0 Å². The number of thioether (sulfide) groups is 1. The van der Waals surface area contributed by atoms with Gasteiger partial charge in [-0.05, 0) is 30.3 Å². The molecule has 3 heteroatoms. The lowest BCUT2D eigenvalue weighted by Crippen LogP contribution is -2.43. The molecule has 0 radical (unpaired) electrons. The van der Waals surface area contributed by atoms with E-state index in [0.29, 0.717) is 0 Å². The van der Waals surface area contributed by atoms with Crippen molar-refractivity contribution in [3.05, 3.63) is 0 Å². The first-order valence-electron chi connectivity index (χ1n) is 6.41.